The van der Waals surface area contributed by atoms with Crippen LogP contribution in [0.25, 0.3) is 0 Å². The van der Waals surface area contributed by atoms with Crippen LogP contribution in [0.2, 0.25) is 5.02 Å². The Morgan fingerprint density at radius 3 is 2.82 bits per heavy atom. The first kappa shape index (κ1) is 11.9. The van der Waals surface area contributed by atoms with Gasteiger partial charge in [0.2, 0.25) is 0 Å². The lowest BCUT2D eigenvalue weighted by Gasteiger charge is -2.05. The number of nitrogens with zero attached hydrogens (tertiary/aromatic N) is 1. The minimum absolute atomic E-state index is 0.133. The Morgan fingerprint density at radius 2 is 2.24 bits per heavy atom. The number of nitro groups is 1. The number of nitrogens with one attached hydrogen (secondary N) is 1. The lowest BCUT2D eigenvalue weighted by molar-refractivity contribution is -0.384. The van der Waals surface area contributed by atoms with Gasteiger partial charge in [0.1, 0.15) is 0 Å². The summed E-state index contributed by atoms with van der Waals surface area (Å²) in [7, 11) is 0. The van der Waals surface area contributed by atoms with E-state index in [-0.39, 0.29) is 22.2 Å². The van der Waals surface area contributed by atoms with Crippen molar-refractivity contribution in [3.8, 4) is 0 Å². The van der Waals surface area contributed by atoms with Gasteiger partial charge < -0.3 is 5.32 Å². The van der Waals surface area contributed by atoms with E-state index in [4.69, 9.17) is 11.6 Å². The molecule has 0 saturated heterocycles. The summed E-state index contributed by atoms with van der Waals surface area (Å²) in [6.45, 7) is 0.609. The van der Waals surface area contributed by atoms with E-state index < -0.39 is 4.92 Å². The van der Waals surface area contributed by atoms with Gasteiger partial charge >= 0.3 is 0 Å². The highest BCUT2D eigenvalue weighted by atomic mass is 35.5. The topological polar surface area (TPSA) is 72.2 Å². The van der Waals surface area contributed by atoms with E-state index in [1.807, 2.05) is 0 Å². The molecule has 1 saturated carbocycles. The summed E-state index contributed by atoms with van der Waals surface area (Å²) in [4.78, 5) is 21.8. The number of halogens is 1. The molecule has 0 spiro atoms. The van der Waals surface area contributed by atoms with Gasteiger partial charge in [-0.1, -0.05) is 11.6 Å². The molecule has 1 aliphatic carbocycles. The molecule has 0 heterocycles. The molecule has 1 N–H and O–H groups in total. The molecule has 5 nitrogen and oxygen atoms in total. The third kappa shape index (κ3) is 2.94. The summed E-state index contributed by atoms with van der Waals surface area (Å²) >= 11 is 5.84. The van der Waals surface area contributed by atoms with Crippen molar-refractivity contribution in [2.75, 3.05) is 6.54 Å². The van der Waals surface area contributed by atoms with Crippen LogP contribution in [0.4, 0.5) is 5.69 Å². The minimum atomic E-state index is -0.548. The van der Waals surface area contributed by atoms with Crippen molar-refractivity contribution >= 4 is 23.2 Å². The fourth-order valence-corrected chi connectivity index (χ4v) is 1.66. The van der Waals surface area contributed by atoms with E-state index >= 15 is 0 Å². The SMILES string of the molecule is O=C(NCC1CC1)c1cc([N+](=O)[O-])ccc1Cl. The highest BCUT2D eigenvalue weighted by molar-refractivity contribution is 6.33. The van der Waals surface area contributed by atoms with Crippen LogP contribution in [-0.2, 0) is 0 Å². The molecule has 0 aromatic heterocycles. The van der Waals surface area contributed by atoms with Crippen LogP contribution < -0.4 is 5.32 Å². The third-order valence-electron chi connectivity index (χ3n) is 2.65. The summed E-state index contributed by atoms with van der Waals surface area (Å²) in [5.41, 5.74) is 0.0208. The van der Waals surface area contributed by atoms with Crippen molar-refractivity contribution in [2.45, 2.75) is 12.8 Å². The zero-order chi connectivity index (χ0) is 12.4. The maximum Gasteiger partial charge on any atom is 0.270 e. The molecule has 1 fully saturated rings. The molecular formula is C11H11ClN2O3. The van der Waals surface area contributed by atoms with Crippen molar-refractivity contribution in [1.82, 2.24) is 5.32 Å². The highest BCUT2D eigenvalue weighted by Gasteiger charge is 2.23. The molecule has 1 aliphatic rings. The van der Waals surface area contributed by atoms with Crippen molar-refractivity contribution in [2.24, 2.45) is 5.92 Å². The number of non-ortho nitro benzene ring substituents is 1. The monoisotopic (exact) mass is 254 g/mol. The standard InChI is InChI=1S/C11H11ClN2O3/c12-10-4-3-8(14(16)17)5-9(10)11(15)13-6-7-1-2-7/h3-5,7H,1-2,6H2,(H,13,15). The molecule has 2 rings (SSSR count). The first-order valence-corrected chi connectivity index (χ1v) is 5.68. The van der Waals surface area contributed by atoms with Crippen molar-refractivity contribution < 1.29 is 9.72 Å². The van der Waals surface area contributed by atoms with Crippen LogP contribution in [0.1, 0.15) is 23.2 Å². The maximum absolute atomic E-state index is 11.8. The van der Waals surface area contributed by atoms with Gasteiger partial charge in [-0.2, -0.15) is 0 Å². The van der Waals surface area contributed by atoms with Gasteiger partial charge in [0.05, 0.1) is 15.5 Å². The Labute approximate surface area is 103 Å². The Hall–Kier alpha value is -1.62. The average Bonchev–Trinajstić information content (AvgIpc) is 3.10. The second-order valence-corrected chi connectivity index (χ2v) is 4.48. The van der Waals surface area contributed by atoms with E-state index in [1.165, 1.54) is 18.2 Å². The number of carbonyl (C=O) groups is 1. The number of benzene rings is 1. The molecule has 1 aromatic rings. The zero-order valence-corrected chi connectivity index (χ0v) is 9.74. The van der Waals surface area contributed by atoms with E-state index in [0.29, 0.717) is 12.5 Å². The molecule has 6 heteroatoms. The molecule has 0 aliphatic heterocycles. The van der Waals surface area contributed by atoms with E-state index in [2.05, 4.69) is 5.32 Å². The average molecular weight is 255 g/mol. The number of carbonyl (C=O) groups excluding carboxylic acids is 1. The van der Waals surface area contributed by atoms with Crippen LogP contribution in [0, 0.1) is 16.0 Å². The van der Waals surface area contributed by atoms with Gasteiger partial charge in [-0.25, -0.2) is 0 Å². The fraction of sp³-hybridized carbons (Fsp3) is 0.364. The Bertz CT molecular complexity index is 472. The predicted octanol–water partition coefficient (Wildman–Crippen LogP) is 2.39. The molecular weight excluding hydrogens is 244 g/mol. The first-order valence-electron chi connectivity index (χ1n) is 5.30. The highest BCUT2D eigenvalue weighted by Crippen LogP contribution is 2.28. The minimum Gasteiger partial charge on any atom is -0.352 e. The second kappa shape index (κ2) is 4.71. The van der Waals surface area contributed by atoms with Crippen molar-refractivity contribution in [1.29, 1.82) is 0 Å². The molecule has 1 aromatic carbocycles. The second-order valence-electron chi connectivity index (χ2n) is 4.07. The largest absolute Gasteiger partial charge is 0.352 e. The molecule has 90 valence electrons. The smallest absolute Gasteiger partial charge is 0.270 e. The summed E-state index contributed by atoms with van der Waals surface area (Å²) in [5.74, 6) is 0.196. The van der Waals surface area contributed by atoms with Gasteiger partial charge in [-0.05, 0) is 24.8 Å². The third-order valence-corrected chi connectivity index (χ3v) is 2.98. The van der Waals surface area contributed by atoms with E-state index in [0.717, 1.165) is 12.8 Å². The number of rotatable bonds is 4. The van der Waals surface area contributed by atoms with Crippen molar-refractivity contribution in [3.63, 3.8) is 0 Å². The van der Waals surface area contributed by atoms with Gasteiger partial charge in [-0.15, -0.1) is 0 Å². The first-order chi connectivity index (χ1) is 8.08. The van der Waals surface area contributed by atoms with Crippen molar-refractivity contribution in [3.05, 3.63) is 38.9 Å². The Morgan fingerprint density at radius 1 is 1.53 bits per heavy atom. The van der Waals surface area contributed by atoms with E-state index in [9.17, 15) is 14.9 Å². The summed E-state index contributed by atoms with van der Waals surface area (Å²) in [5, 5.41) is 13.5. The Balaban J connectivity index is 2.13. The Kier molecular flexibility index (Phi) is 3.28. The van der Waals surface area contributed by atoms with Crippen LogP contribution in [0.15, 0.2) is 18.2 Å². The maximum atomic E-state index is 11.8. The molecule has 0 bridgehead atoms. The number of hydrogen-bond acceptors (Lipinski definition) is 3. The molecule has 17 heavy (non-hydrogen) atoms. The van der Waals surface area contributed by atoms with Gasteiger partial charge in [-0.3, -0.25) is 14.9 Å². The van der Waals surface area contributed by atoms with Crippen LogP contribution in [0.5, 0.6) is 0 Å². The lowest BCUT2D eigenvalue weighted by atomic mass is 10.2. The molecule has 0 unspecified atom stereocenters. The normalized spacial score (nSPS) is 14.4. The van der Waals surface area contributed by atoms with E-state index in [1.54, 1.807) is 0 Å². The number of hydrogen-bond donors (Lipinski definition) is 1. The quantitative estimate of drug-likeness (QED) is 0.662. The summed E-state index contributed by atoms with van der Waals surface area (Å²) < 4.78 is 0. The summed E-state index contributed by atoms with van der Waals surface area (Å²) in [6, 6.07) is 3.84. The molecule has 0 radical (unpaired) electrons. The van der Waals surface area contributed by atoms with Gasteiger partial charge in [0.15, 0.2) is 0 Å². The number of amides is 1. The number of nitro benzene ring substituents is 1. The molecule has 0 atom stereocenters. The lowest BCUT2D eigenvalue weighted by Crippen LogP contribution is -2.25. The van der Waals surface area contributed by atoms with Crippen LogP contribution in [0.3, 0.4) is 0 Å². The fourth-order valence-electron chi connectivity index (χ4n) is 1.46. The summed E-state index contributed by atoms with van der Waals surface area (Å²) in [6.07, 6.45) is 2.26. The van der Waals surface area contributed by atoms with Gasteiger partial charge in [0.25, 0.3) is 11.6 Å². The van der Waals surface area contributed by atoms with Gasteiger partial charge in [0, 0.05) is 18.7 Å². The zero-order valence-electron chi connectivity index (χ0n) is 8.98. The predicted molar refractivity (Wildman–Crippen MR) is 63.2 cm³/mol. The van der Waals surface area contributed by atoms with Crippen LogP contribution >= 0.6 is 11.6 Å². The van der Waals surface area contributed by atoms with Crippen LogP contribution in [-0.4, -0.2) is 17.4 Å². The molecule has 1 amide bonds.